The Morgan fingerprint density at radius 3 is 2.53 bits per heavy atom. The predicted octanol–water partition coefficient (Wildman–Crippen LogP) is 4.04. The van der Waals surface area contributed by atoms with Gasteiger partial charge in [-0.15, -0.1) is 24.0 Å². The van der Waals surface area contributed by atoms with Crippen LogP contribution in [-0.4, -0.2) is 30.7 Å². The Labute approximate surface area is 191 Å². The average molecular weight is 535 g/mol. The predicted molar refractivity (Wildman–Crippen MR) is 121 cm³/mol. The molecule has 0 radical (unpaired) electrons. The quantitative estimate of drug-likeness (QED) is 0.234. The molecular weight excluding hydrogens is 510 g/mol. The van der Waals surface area contributed by atoms with Crippen molar-refractivity contribution in [2.24, 2.45) is 4.99 Å². The molecule has 0 spiro atoms. The molecule has 3 N–H and O–H groups in total. The van der Waals surface area contributed by atoms with Crippen LogP contribution in [-0.2, 0) is 11.8 Å². The van der Waals surface area contributed by atoms with Crippen molar-refractivity contribution in [3.05, 3.63) is 59.0 Å². The third-order valence-electron chi connectivity index (χ3n) is 3.93. The molecule has 0 fully saturated rings. The molecule has 1 unspecified atom stereocenters. The molecule has 9 heteroatoms. The van der Waals surface area contributed by atoms with Gasteiger partial charge in [0.1, 0.15) is 17.1 Å². The molecule has 0 amide bonds. The monoisotopic (exact) mass is 535 g/mol. The lowest BCUT2D eigenvalue weighted by Crippen LogP contribution is -2.39. The minimum atomic E-state index is -4.40. The molecule has 1 heterocycles. The molecule has 2 aromatic rings. The highest BCUT2D eigenvalue weighted by molar-refractivity contribution is 14.0. The standard InChI is InChI=1S/C21H24F3N3O2.HI/c1-4-25-19(27-14-20(3,28)18-11-10-15(2)29-18)26-12-6-8-16-7-5-9-17(13-16)21(22,23)24;/h5,7,9-11,13,28H,4,12,14H2,1-3H3,(H2,25,26,27);1H. The van der Waals surface area contributed by atoms with Crippen molar-refractivity contribution >= 4 is 29.9 Å². The molecule has 164 valence electrons. The lowest BCUT2D eigenvalue weighted by molar-refractivity contribution is -0.137. The van der Waals surface area contributed by atoms with Crippen molar-refractivity contribution in [3.63, 3.8) is 0 Å². The molecule has 1 atom stereocenters. The summed E-state index contributed by atoms with van der Waals surface area (Å²) in [6.07, 6.45) is -4.40. The minimum absolute atomic E-state index is 0. The number of hydrogen-bond donors (Lipinski definition) is 3. The van der Waals surface area contributed by atoms with E-state index in [0.717, 1.165) is 12.1 Å². The lowest BCUT2D eigenvalue weighted by Gasteiger charge is -2.19. The van der Waals surface area contributed by atoms with Gasteiger partial charge in [0.15, 0.2) is 5.96 Å². The highest BCUT2D eigenvalue weighted by Crippen LogP contribution is 2.29. The van der Waals surface area contributed by atoms with E-state index in [-0.39, 0.29) is 42.6 Å². The van der Waals surface area contributed by atoms with Gasteiger partial charge < -0.3 is 20.2 Å². The van der Waals surface area contributed by atoms with E-state index in [1.54, 1.807) is 26.0 Å². The summed E-state index contributed by atoms with van der Waals surface area (Å²) in [5.41, 5.74) is -1.73. The second-order valence-electron chi connectivity index (χ2n) is 6.61. The SMILES string of the molecule is CCNC(=NCC(C)(O)c1ccc(C)o1)NCC#Cc1cccc(C(F)(F)F)c1.I. The first-order valence-corrected chi connectivity index (χ1v) is 9.09. The second-order valence-corrected chi connectivity index (χ2v) is 6.61. The fourth-order valence-electron chi connectivity index (χ4n) is 2.42. The Balaban J connectivity index is 0.00000450. The molecule has 0 aliphatic heterocycles. The molecule has 2 rings (SSSR count). The van der Waals surface area contributed by atoms with Crippen LogP contribution in [0.4, 0.5) is 13.2 Å². The number of halogens is 4. The van der Waals surface area contributed by atoms with Crippen molar-refractivity contribution in [2.45, 2.75) is 32.5 Å². The molecular formula is C21H25F3IN3O2. The van der Waals surface area contributed by atoms with Crippen molar-refractivity contribution in [2.75, 3.05) is 19.6 Å². The smallest absolute Gasteiger partial charge is 0.416 e. The van der Waals surface area contributed by atoms with Crippen molar-refractivity contribution in [1.82, 2.24) is 10.6 Å². The van der Waals surface area contributed by atoms with Crippen LogP contribution in [0.1, 0.15) is 36.5 Å². The van der Waals surface area contributed by atoms with E-state index in [0.29, 0.717) is 24.0 Å². The Morgan fingerprint density at radius 2 is 1.93 bits per heavy atom. The summed E-state index contributed by atoms with van der Waals surface area (Å²) in [4.78, 5) is 4.33. The second kappa shape index (κ2) is 11.3. The third-order valence-corrected chi connectivity index (χ3v) is 3.93. The van der Waals surface area contributed by atoms with E-state index in [1.807, 2.05) is 6.92 Å². The van der Waals surface area contributed by atoms with Crippen LogP contribution in [0.25, 0.3) is 0 Å². The van der Waals surface area contributed by atoms with Gasteiger partial charge in [-0.3, -0.25) is 0 Å². The molecule has 5 nitrogen and oxygen atoms in total. The van der Waals surface area contributed by atoms with E-state index in [4.69, 9.17) is 4.42 Å². The lowest BCUT2D eigenvalue weighted by atomic mass is 10.0. The molecule has 30 heavy (non-hydrogen) atoms. The topological polar surface area (TPSA) is 69.8 Å². The van der Waals surface area contributed by atoms with Crippen LogP contribution in [0.3, 0.4) is 0 Å². The summed E-state index contributed by atoms with van der Waals surface area (Å²) in [5.74, 6) is 7.00. The number of nitrogens with zero attached hydrogens (tertiary/aromatic N) is 1. The summed E-state index contributed by atoms with van der Waals surface area (Å²) in [5, 5.41) is 16.5. The van der Waals surface area contributed by atoms with Crippen molar-refractivity contribution in [1.29, 1.82) is 0 Å². The number of aryl methyl sites for hydroxylation is 1. The normalized spacial score (nSPS) is 13.5. The summed E-state index contributed by atoms with van der Waals surface area (Å²) < 4.78 is 43.7. The molecule has 1 aromatic heterocycles. The van der Waals surface area contributed by atoms with Crippen molar-refractivity contribution < 1.29 is 22.7 Å². The first-order valence-electron chi connectivity index (χ1n) is 9.09. The van der Waals surface area contributed by atoms with E-state index < -0.39 is 17.3 Å². The van der Waals surface area contributed by atoms with E-state index in [2.05, 4.69) is 27.5 Å². The van der Waals surface area contributed by atoms with Gasteiger partial charge in [0.2, 0.25) is 0 Å². The first-order chi connectivity index (χ1) is 13.6. The van der Waals surface area contributed by atoms with Crippen LogP contribution in [0.5, 0.6) is 0 Å². The van der Waals surface area contributed by atoms with Crippen LogP contribution in [0, 0.1) is 18.8 Å². The average Bonchev–Trinajstić information content (AvgIpc) is 3.10. The van der Waals surface area contributed by atoms with Crippen LogP contribution < -0.4 is 10.6 Å². The fraction of sp³-hybridized carbons (Fsp3) is 0.381. The van der Waals surface area contributed by atoms with Gasteiger partial charge in [-0.2, -0.15) is 13.2 Å². The maximum absolute atomic E-state index is 12.7. The number of aliphatic imine (C=N–C) groups is 1. The Kier molecular flexibility index (Phi) is 9.71. The number of alkyl halides is 3. The summed E-state index contributed by atoms with van der Waals surface area (Å²) in [6.45, 7) is 6.10. The number of aliphatic hydroxyl groups is 1. The Bertz CT molecular complexity index is 912. The molecule has 0 bridgehead atoms. The van der Waals surface area contributed by atoms with Crippen LogP contribution in [0.2, 0.25) is 0 Å². The maximum atomic E-state index is 12.7. The number of guanidine groups is 1. The summed E-state index contributed by atoms with van der Waals surface area (Å²) in [7, 11) is 0. The van der Waals surface area contributed by atoms with Crippen LogP contribution in [0.15, 0.2) is 45.8 Å². The Morgan fingerprint density at radius 1 is 1.20 bits per heavy atom. The Hall–Kier alpha value is -2.19. The first kappa shape index (κ1) is 25.8. The van der Waals surface area contributed by atoms with E-state index in [9.17, 15) is 18.3 Å². The zero-order chi connectivity index (χ0) is 21.5. The summed E-state index contributed by atoms with van der Waals surface area (Å²) in [6, 6.07) is 8.32. The van der Waals surface area contributed by atoms with Gasteiger partial charge in [0.05, 0.1) is 18.7 Å². The van der Waals surface area contributed by atoms with E-state index >= 15 is 0 Å². The minimum Gasteiger partial charge on any atom is -0.463 e. The maximum Gasteiger partial charge on any atom is 0.416 e. The number of furan rings is 1. The third kappa shape index (κ3) is 7.91. The van der Waals surface area contributed by atoms with Gasteiger partial charge in [-0.05, 0) is 51.1 Å². The number of nitrogens with one attached hydrogen (secondary N) is 2. The number of benzene rings is 1. The van der Waals surface area contributed by atoms with Gasteiger partial charge in [0, 0.05) is 12.1 Å². The molecule has 0 saturated heterocycles. The van der Waals surface area contributed by atoms with Crippen molar-refractivity contribution in [3.8, 4) is 11.8 Å². The zero-order valence-electron chi connectivity index (χ0n) is 16.9. The highest BCUT2D eigenvalue weighted by Gasteiger charge is 2.30. The highest BCUT2D eigenvalue weighted by atomic mass is 127. The zero-order valence-corrected chi connectivity index (χ0v) is 19.3. The molecule has 0 saturated carbocycles. The number of rotatable bonds is 5. The fourth-order valence-corrected chi connectivity index (χ4v) is 2.42. The van der Waals surface area contributed by atoms with Gasteiger partial charge in [0.25, 0.3) is 0 Å². The van der Waals surface area contributed by atoms with Gasteiger partial charge in [-0.25, -0.2) is 4.99 Å². The number of hydrogen-bond acceptors (Lipinski definition) is 3. The van der Waals surface area contributed by atoms with E-state index in [1.165, 1.54) is 12.1 Å². The largest absolute Gasteiger partial charge is 0.463 e. The molecule has 0 aliphatic carbocycles. The molecule has 0 aliphatic rings. The van der Waals surface area contributed by atoms with Gasteiger partial charge in [-0.1, -0.05) is 17.9 Å². The van der Waals surface area contributed by atoms with Crippen LogP contribution >= 0.6 is 24.0 Å². The summed E-state index contributed by atoms with van der Waals surface area (Å²) >= 11 is 0. The molecule has 1 aromatic carbocycles. The van der Waals surface area contributed by atoms with Gasteiger partial charge >= 0.3 is 6.18 Å².